The summed E-state index contributed by atoms with van der Waals surface area (Å²) >= 11 is 0. The van der Waals surface area contributed by atoms with Gasteiger partial charge in [0.2, 0.25) is 0 Å². The number of pyridine rings is 1. The monoisotopic (exact) mass is 440 g/mol. The molecule has 2 aliphatic rings. The van der Waals surface area contributed by atoms with Gasteiger partial charge in [-0.2, -0.15) is 5.10 Å². The van der Waals surface area contributed by atoms with E-state index in [1.54, 1.807) is 19.2 Å². The highest BCUT2D eigenvalue weighted by Crippen LogP contribution is 2.37. The van der Waals surface area contributed by atoms with Gasteiger partial charge in [-0.25, -0.2) is 4.79 Å². The molecule has 0 bridgehead atoms. The molecule has 0 aromatic carbocycles. The van der Waals surface area contributed by atoms with Crippen LogP contribution in [0.4, 0.5) is 0 Å². The Hall–Kier alpha value is -2.74. The minimum atomic E-state index is -0.354. The lowest BCUT2D eigenvalue weighted by Crippen LogP contribution is -2.40. The van der Waals surface area contributed by atoms with Crippen LogP contribution in [-0.2, 0) is 28.9 Å². The number of carbonyl (C=O) groups is 2. The lowest BCUT2D eigenvalue weighted by atomic mass is 9.76. The van der Waals surface area contributed by atoms with Gasteiger partial charge in [0.05, 0.1) is 34.8 Å². The molecule has 1 amide bonds. The molecule has 172 valence electrons. The number of fused-ring (bicyclic) bond motifs is 1. The van der Waals surface area contributed by atoms with Gasteiger partial charge < -0.3 is 14.8 Å². The van der Waals surface area contributed by atoms with Gasteiger partial charge in [0, 0.05) is 38.9 Å². The van der Waals surface area contributed by atoms with Gasteiger partial charge in [-0.1, -0.05) is 6.92 Å². The Labute approximate surface area is 188 Å². The quantitative estimate of drug-likeness (QED) is 0.548. The Balaban J connectivity index is 1.46. The minimum absolute atomic E-state index is 0.0180. The second kappa shape index (κ2) is 9.40. The van der Waals surface area contributed by atoms with Crippen LogP contribution in [0.5, 0.6) is 0 Å². The summed E-state index contributed by atoms with van der Waals surface area (Å²) in [5.41, 5.74) is 4.68. The van der Waals surface area contributed by atoms with E-state index in [0.29, 0.717) is 37.2 Å². The van der Waals surface area contributed by atoms with Crippen LogP contribution in [-0.4, -0.2) is 53.0 Å². The summed E-state index contributed by atoms with van der Waals surface area (Å²) in [5, 5.41) is 7.89. The molecular formula is C24H32N4O4. The van der Waals surface area contributed by atoms with E-state index in [9.17, 15) is 9.59 Å². The van der Waals surface area contributed by atoms with E-state index in [2.05, 4.69) is 10.3 Å². The predicted molar refractivity (Wildman–Crippen MR) is 119 cm³/mol. The molecule has 32 heavy (non-hydrogen) atoms. The molecule has 0 aliphatic carbocycles. The molecule has 1 fully saturated rings. The Bertz CT molecular complexity index is 1010. The Morgan fingerprint density at radius 2 is 2.09 bits per heavy atom. The second-order valence-corrected chi connectivity index (χ2v) is 8.95. The number of aryl methyl sites for hydroxylation is 4. The van der Waals surface area contributed by atoms with Crippen LogP contribution in [0.3, 0.4) is 0 Å². The molecule has 0 saturated carbocycles. The van der Waals surface area contributed by atoms with E-state index < -0.39 is 0 Å². The number of hydrogen-bond donors (Lipinski definition) is 1. The van der Waals surface area contributed by atoms with Crippen molar-refractivity contribution in [2.75, 3.05) is 26.4 Å². The van der Waals surface area contributed by atoms with Crippen molar-refractivity contribution in [1.82, 2.24) is 20.1 Å². The van der Waals surface area contributed by atoms with E-state index in [4.69, 9.17) is 14.6 Å². The Kier molecular flexibility index (Phi) is 6.60. The number of esters is 1. The fourth-order valence-corrected chi connectivity index (χ4v) is 4.66. The van der Waals surface area contributed by atoms with Crippen molar-refractivity contribution in [2.45, 2.75) is 59.4 Å². The predicted octanol–water partition coefficient (Wildman–Crippen LogP) is 2.79. The summed E-state index contributed by atoms with van der Waals surface area (Å²) in [5.74, 6) is -0.381. The van der Waals surface area contributed by atoms with E-state index in [0.717, 1.165) is 55.0 Å². The van der Waals surface area contributed by atoms with Crippen LogP contribution in [0.1, 0.15) is 69.5 Å². The molecule has 2 aromatic rings. The van der Waals surface area contributed by atoms with Gasteiger partial charge in [0.25, 0.3) is 5.91 Å². The van der Waals surface area contributed by atoms with Crippen molar-refractivity contribution in [3.8, 4) is 0 Å². The van der Waals surface area contributed by atoms with Gasteiger partial charge in [-0.15, -0.1) is 0 Å². The van der Waals surface area contributed by atoms with Crippen molar-refractivity contribution in [1.29, 1.82) is 0 Å². The average molecular weight is 441 g/mol. The third-order valence-electron chi connectivity index (χ3n) is 6.60. The molecule has 0 unspecified atom stereocenters. The van der Waals surface area contributed by atoms with Crippen molar-refractivity contribution < 1.29 is 19.1 Å². The number of carbonyl (C=O) groups excluding carboxylic acids is 2. The van der Waals surface area contributed by atoms with Crippen LogP contribution in [0.15, 0.2) is 12.3 Å². The number of hydrogen-bond acceptors (Lipinski definition) is 6. The maximum Gasteiger partial charge on any atom is 0.339 e. The van der Waals surface area contributed by atoms with Crippen molar-refractivity contribution >= 4 is 11.9 Å². The molecule has 2 aliphatic heterocycles. The topological polar surface area (TPSA) is 95.3 Å². The van der Waals surface area contributed by atoms with Crippen molar-refractivity contribution in [2.24, 2.45) is 5.41 Å². The van der Waals surface area contributed by atoms with Gasteiger partial charge >= 0.3 is 5.97 Å². The van der Waals surface area contributed by atoms with E-state index >= 15 is 0 Å². The number of ether oxygens (including phenoxy) is 2. The molecule has 1 spiro atoms. The largest absolute Gasteiger partial charge is 0.462 e. The number of nitrogens with one attached hydrogen (secondary N) is 1. The van der Waals surface area contributed by atoms with Gasteiger partial charge in [-0.05, 0) is 56.6 Å². The normalized spacial score (nSPS) is 17.5. The average Bonchev–Trinajstić information content (AvgIpc) is 3.07. The van der Waals surface area contributed by atoms with E-state index in [1.165, 1.54) is 0 Å². The molecular weight excluding hydrogens is 408 g/mol. The number of rotatable bonds is 6. The van der Waals surface area contributed by atoms with E-state index in [-0.39, 0.29) is 23.9 Å². The molecule has 0 radical (unpaired) electrons. The standard InChI is InChI=1S/C24H32N4O4/c1-4-19-21-20(13-24(15-26-22(21)29)6-10-31-11-7-24)28(27-19)8-5-9-32-23(30)18-12-16(2)14-25-17(18)3/h12,14H,4-11,13,15H2,1-3H3,(H,26,29). The van der Waals surface area contributed by atoms with Crippen molar-refractivity contribution in [3.05, 3.63) is 46.0 Å². The zero-order chi connectivity index (χ0) is 22.7. The first-order valence-electron chi connectivity index (χ1n) is 11.5. The maximum absolute atomic E-state index is 12.9. The Morgan fingerprint density at radius 3 is 2.84 bits per heavy atom. The third-order valence-corrected chi connectivity index (χ3v) is 6.60. The van der Waals surface area contributed by atoms with Crippen LogP contribution < -0.4 is 5.32 Å². The number of nitrogens with zero attached hydrogens (tertiary/aromatic N) is 3. The smallest absolute Gasteiger partial charge is 0.339 e. The van der Waals surface area contributed by atoms with Gasteiger partial charge in [-0.3, -0.25) is 14.5 Å². The zero-order valence-electron chi connectivity index (χ0n) is 19.2. The molecule has 8 nitrogen and oxygen atoms in total. The summed E-state index contributed by atoms with van der Waals surface area (Å²) in [7, 11) is 0. The molecule has 2 aromatic heterocycles. The lowest BCUT2D eigenvalue weighted by molar-refractivity contribution is 0.0152. The zero-order valence-corrected chi connectivity index (χ0v) is 19.2. The lowest BCUT2D eigenvalue weighted by Gasteiger charge is -2.36. The summed E-state index contributed by atoms with van der Waals surface area (Å²) in [4.78, 5) is 29.6. The highest BCUT2D eigenvalue weighted by molar-refractivity contribution is 5.97. The fraction of sp³-hybridized carbons (Fsp3) is 0.583. The van der Waals surface area contributed by atoms with Crippen LogP contribution >= 0.6 is 0 Å². The highest BCUT2D eigenvalue weighted by atomic mass is 16.5. The SMILES string of the molecule is CCc1nn(CCCOC(=O)c2cc(C)cnc2C)c2c1C(=O)NCC1(CCOCC1)C2. The minimum Gasteiger partial charge on any atom is -0.462 e. The van der Waals surface area contributed by atoms with Crippen LogP contribution in [0, 0.1) is 19.3 Å². The molecule has 8 heteroatoms. The first-order valence-corrected chi connectivity index (χ1v) is 11.5. The first kappa shape index (κ1) is 22.5. The second-order valence-electron chi connectivity index (χ2n) is 8.95. The highest BCUT2D eigenvalue weighted by Gasteiger charge is 2.39. The molecule has 4 heterocycles. The van der Waals surface area contributed by atoms with E-state index in [1.807, 2.05) is 18.5 Å². The molecule has 0 atom stereocenters. The fourth-order valence-electron chi connectivity index (χ4n) is 4.66. The summed E-state index contributed by atoms with van der Waals surface area (Å²) in [6, 6.07) is 1.80. The van der Waals surface area contributed by atoms with Gasteiger partial charge in [0.15, 0.2) is 0 Å². The number of aromatic nitrogens is 3. The summed E-state index contributed by atoms with van der Waals surface area (Å²) in [6.45, 7) is 8.74. The first-order chi connectivity index (χ1) is 15.4. The molecule has 1 saturated heterocycles. The molecule has 4 rings (SSSR count). The molecule has 1 N–H and O–H groups in total. The number of amides is 1. The van der Waals surface area contributed by atoms with Crippen LogP contribution in [0.2, 0.25) is 0 Å². The van der Waals surface area contributed by atoms with Gasteiger partial charge in [0.1, 0.15) is 0 Å². The third kappa shape index (κ3) is 4.55. The van der Waals surface area contributed by atoms with Crippen molar-refractivity contribution in [3.63, 3.8) is 0 Å². The summed E-state index contributed by atoms with van der Waals surface area (Å²) < 4.78 is 13.0. The van der Waals surface area contributed by atoms with Crippen LogP contribution in [0.25, 0.3) is 0 Å². The maximum atomic E-state index is 12.9. The summed E-state index contributed by atoms with van der Waals surface area (Å²) in [6.07, 6.45) is 5.74. The Morgan fingerprint density at radius 1 is 1.31 bits per heavy atom.